The summed E-state index contributed by atoms with van der Waals surface area (Å²) in [6.07, 6.45) is 1.31. The summed E-state index contributed by atoms with van der Waals surface area (Å²) in [6, 6.07) is 11.5. The summed E-state index contributed by atoms with van der Waals surface area (Å²) in [5, 5.41) is 0. The van der Waals surface area contributed by atoms with E-state index in [2.05, 4.69) is 4.98 Å². The summed E-state index contributed by atoms with van der Waals surface area (Å²) < 4.78 is 18.6. The topological polar surface area (TPSA) is 48.1 Å². The van der Waals surface area contributed by atoms with Gasteiger partial charge in [0.2, 0.25) is 0 Å². The maximum absolute atomic E-state index is 13.0. The number of nitrogens with zero attached hydrogens (tertiary/aromatic N) is 1. The first-order valence-corrected chi connectivity index (χ1v) is 5.33. The molecule has 4 heteroatoms. The Morgan fingerprint density at radius 3 is 2.76 bits per heavy atom. The SMILES string of the molecule is NCC(Oc1cccc(F)c1)c1ccccn1. The van der Waals surface area contributed by atoms with Gasteiger partial charge in [-0.05, 0) is 24.3 Å². The molecule has 0 aliphatic carbocycles. The van der Waals surface area contributed by atoms with Gasteiger partial charge in [-0.1, -0.05) is 12.1 Å². The van der Waals surface area contributed by atoms with Crippen LogP contribution in [0.15, 0.2) is 48.7 Å². The van der Waals surface area contributed by atoms with E-state index < -0.39 is 0 Å². The molecule has 3 nitrogen and oxygen atoms in total. The number of hydrogen-bond donors (Lipinski definition) is 1. The number of hydrogen-bond acceptors (Lipinski definition) is 3. The van der Waals surface area contributed by atoms with Gasteiger partial charge in [0.25, 0.3) is 0 Å². The molecule has 1 heterocycles. The number of benzene rings is 1. The third-order valence-electron chi connectivity index (χ3n) is 2.31. The van der Waals surface area contributed by atoms with Gasteiger partial charge in [-0.2, -0.15) is 0 Å². The smallest absolute Gasteiger partial charge is 0.153 e. The first kappa shape index (κ1) is 11.5. The molecule has 17 heavy (non-hydrogen) atoms. The number of pyridine rings is 1. The maximum atomic E-state index is 13.0. The molecule has 0 radical (unpaired) electrons. The highest BCUT2D eigenvalue weighted by Gasteiger charge is 2.12. The van der Waals surface area contributed by atoms with Crippen molar-refractivity contribution in [2.45, 2.75) is 6.10 Å². The van der Waals surface area contributed by atoms with Crippen LogP contribution in [0.25, 0.3) is 0 Å². The second-order valence-corrected chi connectivity index (χ2v) is 3.55. The summed E-state index contributed by atoms with van der Waals surface area (Å²) in [7, 11) is 0. The number of ether oxygens (including phenoxy) is 1. The molecular weight excluding hydrogens is 219 g/mol. The van der Waals surface area contributed by atoms with E-state index in [1.165, 1.54) is 12.1 Å². The van der Waals surface area contributed by atoms with Gasteiger partial charge in [0.05, 0.1) is 5.69 Å². The molecule has 0 saturated heterocycles. The second kappa shape index (κ2) is 5.41. The molecule has 1 unspecified atom stereocenters. The van der Waals surface area contributed by atoms with Crippen molar-refractivity contribution >= 4 is 0 Å². The van der Waals surface area contributed by atoms with E-state index in [-0.39, 0.29) is 18.5 Å². The highest BCUT2D eigenvalue weighted by molar-refractivity contribution is 5.23. The van der Waals surface area contributed by atoms with E-state index in [1.807, 2.05) is 18.2 Å². The Morgan fingerprint density at radius 1 is 1.24 bits per heavy atom. The zero-order valence-electron chi connectivity index (χ0n) is 9.21. The Morgan fingerprint density at radius 2 is 2.12 bits per heavy atom. The summed E-state index contributed by atoms with van der Waals surface area (Å²) in [5.74, 6) is 0.116. The zero-order valence-corrected chi connectivity index (χ0v) is 9.21. The van der Waals surface area contributed by atoms with Crippen LogP contribution in [0.5, 0.6) is 5.75 Å². The Bertz CT molecular complexity index is 476. The molecular formula is C13H13FN2O. The van der Waals surface area contributed by atoms with Gasteiger partial charge in [0.1, 0.15) is 11.6 Å². The van der Waals surface area contributed by atoms with E-state index in [0.29, 0.717) is 5.75 Å². The van der Waals surface area contributed by atoms with Crippen molar-refractivity contribution in [2.75, 3.05) is 6.54 Å². The van der Waals surface area contributed by atoms with Crippen LogP contribution in [0.2, 0.25) is 0 Å². The molecule has 0 aliphatic rings. The Balaban J connectivity index is 2.16. The molecule has 0 amide bonds. The van der Waals surface area contributed by atoms with Crippen molar-refractivity contribution in [3.05, 3.63) is 60.2 Å². The number of rotatable bonds is 4. The molecule has 88 valence electrons. The quantitative estimate of drug-likeness (QED) is 0.879. The lowest BCUT2D eigenvalue weighted by Gasteiger charge is -2.16. The lowest BCUT2D eigenvalue weighted by Crippen LogP contribution is -2.19. The standard InChI is InChI=1S/C13H13FN2O/c14-10-4-3-5-11(8-10)17-13(9-15)12-6-1-2-7-16-12/h1-8,13H,9,15H2. The van der Waals surface area contributed by atoms with Gasteiger partial charge in [0.15, 0.2) is 6.10 Å². The maximum Gasteiger partial charge on any atom is 0.153 e. The van der Waals surface area contributed by atoms with Crippen molar-refractivity contribution in [1.82, 2.24) is 4.98 Å². The van der Waals surface area contributed by atoms with Crippen LogP contribution in [0.1, 0.15) is 11.8 Å². The molecule has 2 rings (SSSR count). The second-order valence-electron chi connectivity index (χ2n) is 3.55. The molecule has 1 aromatic heterocycles. The fourth-order valence-corrected chi connectivity index (χ4v) is 1.50. The first-order valence-electron chi connectivity index (χ1n) is 5.33. The molecule has 1 atom stereocenters. The third-order valence-corrected chi connectivity index (χ3v) is 2.31. The van der Waals surface area contributed by atoms with Gasteiger partial charge >= 0.3 is 0 Å². The van der Waals surface area contributed by atoms with Crippen LogP contribution in [0, 0.1) is 5.82 Å². The summed E-state index contributed by atoms with van der Waals surface area (Å²) in [6.45, 7) is 0.285. The van der Waals surface area contributed by atoms with E-state index >= 15 is 0 Å². The lowest BCUT2D eigenvalue weighted by atomic mass is 10.2. The van der Waals surface area contributed by atoms with Gasteiger partial charge in [-0.3, -0.25) is 4.98 Å². The predicted octanol–water partition coefficient (Wildman–Crippen LogP) is 2.30. The molecule has 0 saturated carbocycles. The molecule has 0 aliphatic heterocycles. The van der Waals surface area contributed by atoms with Gasteiger partial charge in [-0.25, -0.2) is 4.39 Å². The van der Waals surface area contributed by atoms with Crippen LogP contribution in [-0.4, -0.2) is 11.5 Å². The molecule has 2 aromatic rings. The van der Waals surface area contributed by atoms with Gasteiger partial charge < -0.3 is 10.5 Å². The fraction of sp³-hybridized carbons (Fsp3) is 0.154. The number of nitrogens with two attached hydrogens (primary N) is 1. The van der Waals surface area contributed by atoms with Crippen molar-refractivity contribution in [3.63, 3.8) is 0 Å². The average molecular weight is 232 g/mol. The molecule has 0 fully saturated rings. The van der Waals surface area contributed by atoms with Gasteiger partial charge in [0, 0.05) is 18.8 Å². The predicted molar refractivity (Wildman–Crippen MR) is 63.1 cm³/mol. The highest BCUT2D eigenvalue weighted by Crippen LogP contribution is 2.20. The van der Waals surface area contributed by atoms with Crippen LogP contribution in [-0.2, 0) is 0 Å². The van der Waals surface area contributed by atoms with Crippen LogP contribution < -0.4 is 10.5 Å². The Hall–Kier alpha value is -1.94. The minimum atomic E-state index is -0.363. The van der Waals surface area contributed by atoms with Crippen molar-refractivity contribution in [3.8, 4) is 5.75 Å². The number of halogens is 1. The van der Waals surface area contributed by atoms with E-state index in [9.17, 15) is 4.39 Å². The van der Waals surface area contributed by atoms with E-state index in [0.717, 1.165) is 5.69 Å². The first-order chi connectivity index (χ1) is 8.29. The molecule has 1 aromatic carbocycles. The number of aromatic nitrogens is 1. The largest absolute Gasteiger partial charge is 0.483 e. The van der Waals surface area contributed by atoms with Crippen molar-refractivity contribution < 1.29 is 9.13 Å². The van der Waals surface area contributed by atoms with Crippen molar-refractivity contribution in [1.29, 1.82) is 0 Å². The normalized spacial score (nSPS) is 12.1. The van der Waals surface area contributed by atoms with Crippen molar-refractivity contribution in [2.24, 2.45) is 5.73 Å². The van der Waals surface area contributed by atoms with Crippen LogP contribution in [0.3, 0.4) is 0 Å². The monoisotopic (exact) mass is 232 g/mol. The molecule has 0 spiro atoms. The summed E-state index contributed by atoms with van der Waals surface area (Å²) in [4.78, 5) is 4.17. The van der Waals surface area contributed by atoms with Gasteiger partial charge in [-0.15, -0.1) is 0 Å². The minimum absolute atomic E-state index is 0.285. The molecule has 2 N–H and O–H groups in total. The zero-order chi connectivity index (χ0) is 12.1. The Kier molecular flexibility index (Phi) is 3.67. The fourth-order valence-electron chi connectivity index (χ4n) is 1.50. The minimum Gasteiger partial charge on any atom is -0.483 e. The lowest BCUT2D eigenvalue weighted by molar-refractivity contribution is 0.208. The average Bonchev–Trinajstić information content (AvgIpc) is 2.37. The van der Waals surface area contributed by atoms with E-state index in [4.69, 9.17) is 10.5 Å². The summed E-state index contributed by atoms with van der Waals surface area (Å²) in [5.41, 5.74) is 6.37. The molecule has 0 bridgehead atoms. The van der Waals surface area contributed by atoms with E-state index in [1.54, 1.807) is 18.3 Å². The summed E-state index contributed by atoms with van der Waals surface area (Å²) >= 11 is 0. The van der Waals surface area contributed by atoms with Crippen LogP contribution in [0.4, 0.5) is 4.39 Å². The Labute approximate surface area is 99.1 Å². The van der Waals surface area contributed by atoms with Crippen LogP contribution >= 0.6 is 0 Å². The highest BCUT2D eigenvalue weighted by atomic mass is 19.1. The third kappa shape index (κ3) is 3.01.